The van der Waals surface area contributed by atoms with Crippen molar-refractivity contribution in [2.75, 3.05) is 0 Å². The van der Waals surface area contributed by atoms with Crippen LogP contribution in [-0.4, -0.2) is 12.6 Å². The van der Waals surface area contributed by atoms with Crippen molar-refractivity contribution in [2.24, 2.45) is 0 Å². The predicted octanol–water partition coefficient (Wildman–Crippen LogP) is 3.14. The van der Waals surface area contributed by atoms with Crippen molar-refractivity contribution < 1.29 is 22.7 Å². The van der Waals surface area contributed by atoms with Gasteiger partial charge in [-0.1, -0.05) is 0 Å². The second kappa shape index (κ2) is 4.53. The topological polar surface area (TPSA) is 26.3 Å². The molecule has 6 heteroatoms. The molecule has 1 rings (SSSR count). The summed E-state index contributed by atoms with van der Waals surface area (Å²) in [6.45, 7) is 0. The van der Waals surface area contributed by atoms with Gasteiger partial charge in [0.05, 0.1) is 0 Å². The van der Waals surface area contributed by atoms with Gasteiger partial charge in [0.15, 0.2) is 0 Å². The van der Waals surface area contributed by atoms with Crippen LogP contribution in [-0.2, 0) is 5.88 Å². The maximum Gasteiger partial charge on any atom is 0.573 e. The summed E-state index contributed by atoms with van der Waals surface area (Å²) in [6, 6.07) is 3.52. The number of rotatable bonds is 3. The van der Waals surface area contributed by atoms with Crippen LogP contribution in [0.3, 0.4) is 0 Å². The molecule has 0 aromatic heterocycles. The van der Waals surface area contributed by atoms with Gasteiger partial charge in [0.25, 0.3) is 0 Å². The first-order valence-electron chi connectivity index (χ1n) is 3.85. The van der Waals surface area contributed by atoms with Crippen molar-refractivity contribution in [1.29, 1.82) is 0 Å². The molecule has 0 aliphatic rings. The average molecular weight is 239 g/mol. The highest BCUT2D eigenvalue weighted by Crippen LogP contribution is 2.25. The Morgan fingerprint density at radius 3 is 2.47 bits per heavy atom. The standard InChI is InChI=1S/C9H6ClF3O2/c10-4-6-1-7(5-14)3-8(2-6)15-9(11,12)13/h1-3,5H,4H2. The van der Waals surface area contributed by atoms with Crippen molar-refractivity contribution in [1.82, 2.24) is 0 Å². The van der Waals surface area contributed by atoms with Crippen LogP contribution in [0.1, 0.15) is 15.9 Å². The van der Waals surface area contributed by atoms with E-state index in [2.05, 4.69) is 4.74 Å². The van der Waals surface area contributed by atoms with E-state index >= 15 is 0 Å². The zero-order chi connectivity index (χ0) is 11.5. The molecule has 1 aromatic carbocycles. The predicted molar refractivity (Wildman–Crippen MR) is 48.1 cm³/mol. The summed E-state index contributed by atoms with van der Waals surface area (Å²) in [5.74, 6) is -0.432. The fraction of sp³-hybridized carbons (Fsp3) is 0.222. The lowest BCUT2D eigenvalue weighted by Gasteiger charge is -2.10. The molecule has 2 nitrogen and oxygen atoms in total. The van der Waals surface area contributed by atoms with Crippen LogP contribution < -0.4 is 4.74 Å². The summed E-state index contributed by atoms with van der Waals surface area (Å²) in [6.07, 6.45) is -4.34. The van der Waals surface area contributed by atoms with Crippen LogP contribution in [0.2, 0.25) is 0 Å². The van der Waals surface area contributed by atoms with Gasteiger partial charge >= 0.3 is 6.36 Å². The summed E-state index contributed by atoms with van der Waals surface area (Å²) in [4.78, 5) is 10.4. The van der Waals surface area contributed by atoms with Crippen molar-refractivity contribution in [2.45, 2.75) is 12.2 Å². The number of carbonyl (C=O) groups is 1. The highest BCUT2D eigenvalue weighted by molar-refractivity contribution is 6.17. The Labute approximate surface area is 88.6 Å². The highest BCUT2D eigenvalue weighted by Gasteiger charge is 2.31. The molecule has 0 saturated carbocycles. The van der Waals surface area contributed by atoms with Gasteiger partial charge in [-0.05, 0) is 23.8 Å². The number of aldehydes is 1. The van der Waals surface area contributed by atoms with E-state index in [-0.39, 0.29) is 11.4 Å². The number of ether oxygens (including phenoxy) is 1. The van der Waals surface area contributed by atoms with Crippen molar-refractivity contribution in [3.8, 4) is 5.75 Å². The van der Waals surface area contributed by atoms with Gasteiger partial charge in [0.2, 0.25) is 0 Å². The Bertz CT molecular complexity index is 363. The molecule has 0 radical (unpaired) electrons. The number of hydrogen-bond donors (Lipinski definition) is 0. The molecule has 82 valence electrons. The van der Waals surface area contributed by atoms with Crippen LogP contribution in [0, 0.1) is 0 Å². The molecule has 0 aliphatic carbocycles. The molecule has 0 aliphatic heterocycles. The zero-order valence-electron chi connectivity index (χ0n) is 7.34. The molecule has 0 amide bonds. The van der Waals surface area contributed by atoms with Gasteiger partial charge in [0, 0.05) is 11.4 Å². The number of alkyl halides is 4. The van der Waals surface area contributed by atoms with Crippen LogP contribution in [0.25, 0.3) is 0 Å². The van der Waals surface area contributed by atoms with Gasteiger partial charge in [-0.2, -0.15) is 0 Å². The first-order chi connectivity index (χ1) is 6.94. The summed E-state index contributed by atoms with van der Waals surface area (Å²) in [7, 11) is 0. The van der Waals surface area contributed by atoms with Crippen LogP contribution in [0.15, 0.2) is 18.2 Å². The smallest absolute Gasteiger partial charge is 0.406 e. The molecule has 0 fully saturated rings. The van der Waals surface area contributed by atoms with E-state index < -0.39 is 12.1 Å². The van der Waals surface area contributed by atoms with E-state index in [4.69, 9.17) is 11.6 Å². The Morgan fingerprint density at radius 2 is 2.00 bits per heavy atom. The van der Waals surface area contributed by atoms with Gasteiger partial charge in [0.1, 0.15) is 12.0 Å². The Kier molecular flexibility index (Phi) is 3.57. The Hall–Kier alpha value is -1.23. The first-order valence-corrected chi connectivity index (χ1v) is 4.39. The summed E-state index contributed by atoms with van der Waals surface area (Å²) in [5.41, 5.74) is 0.480. The molecule has 15 heavy (non-hydrogen) atoms. The van der Waals surface area contributed by atoms with E-state index in [9.17, 15) is 18.0 Å². The normalized spacial score (nSPS) is 11.2. The van der Waals surface area contributed by atoms with E-state index in [0.29, 0.717) is 11.8 Å². The molecule has 0 atom stereocenters. The van der Waals surface area contributed by atoms with Crippen LogP contribution in [0.5, 0.6) is 5.75 Å². The van der Waals surface area contributed by atoms with Gasteiger partial charge < -0.3 is 4.74 Å². The number of carbonyl (C=O) groups excluding carboxylic acids is 1. The number of halogens is 4. The largest absolute Gasteiger partial charge is 0.573 e. The monoisotopic (exact) mass is 238 g/mol. The molecular weight excluding hydrogens is 233 g/mol. The lowest BCUT2D eigenvalue weighted by Crippen LogP contribution is -2.17. The van der Waals surface area contributed by atoms with Crippen molar-refractivity contribution >= 4 is 17.9 Å². The summed E-state index contributed by atoms with van der Waals surface area (Å²) >= 11 is 5.45. The second-order valence-electron chi connectivity index (χ2n) is 2.71. The Morgan fingerprint density at radius 1 is 1.33 bits per heavy atom. The molecular formula is C9H6ClF3O2. The number of benzene rings is 1. The minimum Gasteiger partial charge on any atom is -0.406 e. The quantitative estimate of drug-likeness (QED) is 0.597. The SMILES string of the molecule is O=Cc1cc(CCl)cc(OC(F)(F)F)c1. The zero-order valence-corrected chi connectivity index (χ0v) is 8.10. The molecule has 0 heterocycles. The minimum atomic E-state index is -4.77. The van der Waals surface area contributed by atoms with E-state index in [0.717, 1.165) is 12.1 Å². The van der Waals surface area contributed by atoms with Crippen molar-refractivity contribution in [3.63, 3.8) is 0 Å². The summed E-state index contributed by atoms with van der Waals surface area (Å²) < 4.78 is 39.3. The highest BCUT2D eigenvalue weighted by atomic mass is 35.5. The molecule has 0 bridgehead atoms. The van der Waals surface area contributed by atoms with Crippen molar-refractivity contribution in [3.05, 3.63) is 29.3 Å². The maximum atomic E-state index is 11.9. The maximum absolute atomic E-state index is 11.9. The van der Waals surface area contributed by atoms with Crippen LogP contribution in [0.4, 0.5) is 13.2 Å². The summed E-state index contributed by atoms with van der Waals surface area (Å²) in [5, 5.41) is 0. The van der Waals surface area contributed by atoms with E-state index in [1.54, 1.807) is 0 Å². The third kappa shape index (κ3) is 3.79. The fourth-order valence-electron chi connectivity index (χ4n) is 1.02. The molecule has 1 aromatic rings. The minimum absolute atomic E-state index is 0.00982. The average Bonchev–Trinajstić information content (AvgIpc) is 2.14. The molecule has 0 unspecified atom stereocenters. The van der Waals surface area contributed by atoms with Crippen LogP contribution >= 0.6 is 11.6 Å². The van der Waals surface area contributed by atoms with E-state index in [1.165, 1.54) is 6.07 Å². The fourth-order valence-corrected chi connectivity index (χ4v) is 1.18. The number of hydrogen-bond acceptors (Lipinski definition) is 2. The Balaban J connectivity index is 3.02. The first kappa shape index (κ1) is 11.8. The third-order valence-corrected chi connectivity index (χ3v) is 1.82. The lowest BCUT2D eigenvalue weighted by molar-refractivity contribution is -0.274. The van der Waals surface area contributed by atoms with Gasteiger partial charge in [-0.3, -0.25) is 4.79 Å². The third-order valence-electron chi connectivity index (χ3n) is 1.51. The van der Waals surface area contributed by atoms with Gasteiger partial charge in [-0.25, -0.2) is 0 Å². The molecule has 0 saturated heterocycles. The second-order valence-corrected chi connectivity index (χ2v) is 2.98. The van der Waals surface area contributed by atoms with Gasteiger partial charge in [-0.15, -0.1) is 24.8 Å². The molecule has 0 spiro atoms. The van der Waals surface area contributed by atoms with E-state index in [1.807, 2.05) is 0 Å². The lowest BCUT2D eigenvalue weighted by atomic mass is 10.1. The molecule has 0 N–H and O–H groups in total.